The molecule has 1 heterocycles. The Morgan fingerprint density at radius 1 is 1.38 bits per heavy atom. The van der Waals surface area contributed by atoms with Gasteiger partial charge in [0, 0.05) is 31.0 Å². The highest BCUT2D eigenvalue weighted by molar-refractivity contribution is 5.98. The van der Waals surface area contributed by atoms with Crippen LogP contribution in [0.4, 0.5) is 5.69 Å². The Bertz CT molecular complexity index is 651. The molecule has 0 aliphatic heterocycles. The standard InChI is InChI=1S/C14H16N4O3/c1-11-7-9-16-17(11)10-4-8-15-14(19)12-5-2-3-6-13(12)18(20)21/h2-3,5-7,9H,4,8,10H2,1H3,(H,15,19). The zero-order valence-corrected chi connectivity index (χ0v) is 11.7. The summed E-state index contributed by atoms with van der Waals surface area (Å²) in [5.41, 5.74) is 0.954. The van der Waals surface area contributed by atoms with Crippen LogP contribution in [0.2, 0.25) is 0 Å². The first kappa shape index (κ1) is 14.7. The van der Waals surface area contributed by atoms with Crippen molar-refractivity contribution in [2.45, 2.75) is 19.9 Å². The number of amides is 1. The first-order valence-corrected chi connectivity index (χ1v) is 6.59. The van der Waals surface area contributed by atoms with Gasteiger partial charge in [0.25, 0.3) is 11.6 Å². The number of nitrogens with one attached hydrogen (secondary N) is 1. The minimum Gasteiger partial charge on any atom is -0.352 e. The molecule has 1 amide bonds. The summed E-state index contributed by atoms with van der Waals surface area (Å²) in [5.74, 6) is -0.431. The summed E-state index contributed by atoms with van der Waals surface area (Å²) in [6.07, 6.45) is 2.43. The number of nitrogens with zero attached hydrogens (tertiary/aromatic N) is 3. The van der Waals surface area contributed by atoms with E-state index in [0.717, 1.165) is 5.69 Å². The van der Waals surface area contributed by atoms with E-state index in [9.17, 15) is 14.9 Å². The second-order valence-electron chi connectivity index (χ2n) is 4.58. The Hall–Kier alpha value is -2.70. The molecule has 0 spiro atoms. The highest BCUT2D eigenvalue weighted by Crippen LogP contribution is 2.17. The van der Waals surface area contributed by atoms with Crippen LogP contribution in [0.1, 0.15) is 22.5 Å². The molecule has 0 bridgehead atoms. The number of hydrogen-bond donors (Lipinski definition) is 1. The van der Waals surface area contributed by atoms with Gasteiger partial charge in [-0.2, -0.15) is 5.10 Å². The van der Waals surface area contributed by atoms with Gasteiger partial charge in [-0.1, -0.05) is 12.1 Å². The number of nitro groups is 1. The zero-order valence-electron chi connectivity index (χ0n) is 11.7. The first-order valence-electron chi connectivity index (χ1n) is 6.59. The van der Waals surface area contributed by atoms with Crippen LogP contribution >= 0.6 is 0 Å². The largest absolute Gasteiger partial charge is 0.352 e. The van der Waals surface area contributed by atoms with Gasteiger partial charge in [0.1, 0.15) is 5.56 Å². The molecule has 1 aromatic heterocycles. The lowest BCUT2D eigenvalue weighted by Gasteiger charge is -2.07. The third-order valence-corrected chi connectivity index (χ3v) is 3.11. The molecular formula is C14H16N4O3. The van der Waals surface area contributed by atoms with Crippen LogP contribution in [0, 0.1) is 17.0 Å². The van der Waals surface area contributed by atoms with Crippen molar-refractivity contribution >= 4 is 11.6 Å². The lowest BCUT2D eigenvalue weighted by Crippen LogP contribution is -2.26. The fourth-order valence-corrected chi connectivity index (χ4v) is 1.98. The summed E-state index contributed by atoms with van der Waals surface area (Å²) < 4.78 is 1.84. The topological polar surface area (TPSA) is 90.1 Å². The van der Waals surface area contributed by atoms with Gasteiger partial charge >= 0.3 is 0 Å². The predicted octanol–water partition coefficient (Wildman–Crippen LogP) is 1.92. The van der Waals surface area contributed by atoms with Gasteiger partial charge in [0.05, 0.1) is 4.92 Å². The molecule has 0 radical (unpaired) electrons. The Morgan fingerprint density at radius 2 is 2.14 bits per heavy atom. The average Bonchev–Trinajstić information content (AvgIpc) is 2.88. The number of aryl methyl sites for hydroxylation is 2. The highest BCUT2D eigenvalue weighted by Gasteiger charge is 2.18. The van der Waals surface area contributed by atoms with E-state index in [1.165, 1.54) is 18.2 Å². The number of benzene rings is 1. The molecule has 2 aromatic rings. The van der Waals surface area contributed by atoms with E-state index in [4.69, 9.17) is 0 Å². The molecular weight excluding hydrogens is 272 g/mol. The zero-order chi connectivity index (χ0) is 15.2. The van der Waals surface area contributed by atoms with E-state index >= 15 is 0 Å². The van der Waals surface area contributed by atoms with Crippen molar-refractivity contribution < 1.29 is 9.72 Å². The minimum atomic E-state index is -0.554. The lowest BCUT2D eigenvalue weighted by atomic mass is 10.1. The van der Waals surface area contributed by atoms with Gasteiger partial charge < -0.3 is 5.32 Å². The Kier molecular flexibility index (Phi) is 4.65. The van der Waals surface area contributed by atoms with E-state index in [-0.39, 0.29) is 11.3 Å². The molecule has 1 N–H and O–H groups in total. The third-order valence-electron chi connectivity index (χ3n) is 3.11. The van der Waals surface area contributed by atoms with Crippen molar-refractivity contribution in [3.63, 3.8) is 0 Å². The fourth-order valence-electron chi connectivity index (χ4n) is 1.98. The van der Waals surface area contributed by atoms with E-state index in [2.05, 4.69) is 10.4 Å². The van der Waals surface area contributed by atoms with E-state index in [1.54, 1.807) is 12.3 Å². The quantitative estimate of drug-likeness (QED) is 0.499. The average molecular weight is 288 g/mol. The normalized spacial score (nSPS) is 10.3. The van der Waals surface area contributed by atoms with Crippen molar-refractivity contribution in [2.24, 2.45) is 0 Å². The van der Waals surface area contributed by atoms with Crippen LogP contribution in [0.3, 0.4) is 0 Å². The Labute approximate surface area is 121 Å². The molecule has 0 unspecified atom stereocenters. The van der Waals surface area contributed by atoms with Gasteiger partial charge in [-0.05, 0) is 25.5 Å². The van der Waals surface area contributed by atoms with E-state index in [1.807, 2.05) is 17.7 Å². The van der Waals surface area contributed by atoms with Crippen molar-refractivity contribution in [3.8, 4) is 0 Å². The summed E-state index contributed by atoms with van der Waals surface area (Å²) in [4.78, 5) is 22.3. The van der Waals surface area contributed by atoms with Crippen LogP contribution < -0.4 is 5.32 Å². The van der Waals surface area contributed by atoms with E-state index < -0.39 is 10.8 Å². The number of rotatable bonds is 6. The Morgan fingerprint density at radius 3 is 2.81 bits per heavy atom. The van der Waals surface area contributed by atoms with Crippen LogP contribution in [-0.2, 0) is 6.54 Å². The molecule has 0 aliphatic rings. The van der Waals surface area contributed by atoms with E-state index in [0.29, 0.717) is 19.5 Å². The second-order valence-corrected chi connectivity index (χ2v) is 4.58. The van der Waals surface area contributed by atoms with Gasteiger partial charge in [-0.3, -0.25) is 19.6 Å². The second kappa shape index (κ2) is 6.65. The molecule has 2 rings (SSSR count). The molecule has 0 saturated heterocycles. The van der Waals surface area contributed by atoms with Crippen LogP contribution in [0.25, 0.3) is 0 Å². The molecule has 0 fully saturated rings. The molecule has 21 heavy (non-hydrogen) atoms. The fraction of sp³-hybridized carbons (Fsp3) is 0.286. The summed E-state index contributed by atoms with van der Waals surface area (Å²) in [5, 5.41) is 17.7. The van der Waals surface area contributed by atoms with Crippen molar-refractivity contribution in [1.82, 2.24) is 15.1 Å². The van der Waals surface area contributed by atoms with Crippen molar-refractivity contribution in [2.75, 3.05) is 6.54 Å². The molecule has 1 aromatic carbocycles. The smallest absolute Gasteiger partial charge is 0.282 e. The van der Waals surface area contributed by atoms with Crippen molar-refractivity contribution in [1.29, 1.82) is 0 Å². The number of hydrogen-bond acceptors (Lipinski definition) is 4. The summed E-state index contributed by atoms with van der Waals surface area (Å²) >= 11 is 0. The maximum atomic E-state index is 12.0. The van der Waals surface area contributed by atoms with Gasteiger partial charge in [-0.15, -0.1) is 0 Å². The third kappa shape index (κ3) is 3.65. The SMILES string of the molecule is Cc1ccnn1CCCNC(=O)c1ccccc1[N+](=O)[O-]. The Balaban J connectivity index is 1.88. The molecule has 110 valence electrons. The number of nitro benzene ring substituents is 1. The molecule has 0 atom stereocenters. The highest BCUT2D eigenvalue weighted by atomic mass is 16.6. The number of carbonyl (C=O) groups is 1. The van der Waals surface area contributed by atoms with Gasteiger partial charge in [0.2, 0.25) is 0 Å². The molecule has 7 nitrogen and oxygen atoms in total. The van der Waals surface area contributed by atoms with Crippen LogP contribution in [0.5, 0.6) is 0 Å². The summed E-state index contributed by atoms with van der Waals surface area (Å²) in [7, 11) is 0. The predicted molar refractivity (Wildman–Crippen MR) is 77.0 cm³/mol. The van der Waals surface area contributed by atoms with Crippen LogP contribution in [-0.4, -0.2) is 27.2 Å². The van der Waals surface area contributed by atoms with Crippen LogP contribution in [0.15, 0.2) is 36.5 Å². The van der Waals surface area contributed by atoms with Crippen molar-refractivity contribution in [3.05, 3.63) is 57.9 Å². The minimum absolute atomic E-state index is 0.0813. The summed E-state index contributed by atoms with van der Waals surface area (Å²) in [6.45, 7) is 3.08. The number of para-hydroxylation sites is 1. The molecule has 0 aliphatic carbocycles. The lowest BCUT2D eigenvalue weighted by molar-refractivity contribution is -0.385. The van der Waals surface area contributed by atoms with Gasteiger partial charge in [-0.25, -0.2) is 0 Å². The maximum Gasteiger partial charge on any atom is 0.282 e. The maximum absolute atomic E-state index is 12.0. The monoisotopic (exact) mass is 288 g/mol. The molecule has 0 saturated carbocycles. The van der Waals surface area contributed by atoms with Gasteiger partial charge in [0.15, 0.2) is 0 Å². The number of aromatic nitrogens is 2. The molecule has 7 heteroatoms. The first-order chi connectivity index (χ1) is 10.1. The summed E-state index contributed by atoms with van der Waals surface area (Å²) in [6, 6.07) is 7.82. The number of carbonyl (C=O) groups excluding carboxylic acids is 1.